The molecule has 3 N–H and O–H groups in total. The van der Waals surface area contributed by atoms with Gasteiger partial charge >= 0.3 is 0 Å². The minimum absolute atomic E-state index is 0.310. The topological polar surface area (TPSA) is 73.6 Å². The Morgan fingerprint density at radius 2 is 2.00 bits per heavy atom. The largest absolute Gasteiger partial charge is 0.491 e. The minimum atomic E-state index is -0.310. The van der Waals surface area contributed by atoms with Crippen molar-refractivity contribution in [2.45, 2.75) is 25.4 Å². The summed E-state index contributed by atoms with van der Waals surface area (Å²) in [5, 5.41) is 0. The first-order chi connectivity index (χ1) is 8.79. The first kappa shape index (κ1) is 12.9. The van der Waals surface area contributed by atoms with E-state index in [-0.39, 0.29) is 5.91 Å². The van der Waals surface area contributed by atoms with E-state index < -0.39 is 0 Å². The van der Waals surface area contributed by atoms with Crippen LogP contribution in [0.25, 0.3) is 0 Å². The first-order valence-corrected chi connectivity index (χ1v) is 6.15. The van der Waals surface area contributed by atoms with Gasteiger partial charge in [0.15, 0.2) is 0 Å². The van der Waals surface area contributed by atoms with Crippen molar-refractivity contribution in [1.82, 2.24) is 5.43 Å². The van der Waals surface area contributed by atoms with Gasteiger partial charge < -0.3 is 9.47 Å². The summed E-state index contributed by atoms with van der Waals surface area (Å²) in [6, 6.07) is 6.83. The van der Waals surface area contributed by atoms with Gasteiger partial charge in [0.25, 0.3) is 5.91 Å². The monoisotopic (exact) mass is 250 g/mol. The van der Waals surface area contributed by atoms with E-state index in [1.54, 1.807) is 24.3 Å². The van der Waals surface area contributed by atoms with Gasteiger partial charge in [0, 0.05) is 5.56 Å². The number of amides is 1. The maximum atomic E-state index is 11.2. The summed E-state index contributed by atoms with van der Waals surface area (Å²) in [6.07, 6.45) is 4.05. The van der Waals surface area contributed by atoms with Gasteiger partial charge in [0.05, 0.1) is 12.7 Å². The Kier molecular flexibility index (Phi) is 4.55. The van der Waals surface area contributed by atoms with Crippen LogP contribution in [0.15, 0.2) is 24.3 Å². The van der Waals surface area contributed by atoms with Gasteiger partial charge in [-0.05, 0) is 43.5 Å². The molecule has 1 aliphatic rings. The van der Waals surface area contributed by atoms with Gasteiger partial charge in [-0.1, -0.05) is 0 Å². The third-order valence-corrected chi connectivity index (χ3v) is 3.01. The normalized spacial score (nSPS) is 14.9. The average Bonchev–Trinajstić information content (AvgIpc) is 2.36. The Bertz CT molecular complexity index is 388. The maximum Gasteiger partial charge on any atom is 0.265 e. The number of benzene rings is 1. The zero-order chi connectivity index (χ0) is 12.8. The predicted molar refractivity (Wildman–Crippen MR) is 67.2 cm³/mol. The van der Waals surface area contributed by atoms with Gasteiger partial charge in [0.2, 0.25) is 0 Å². The van der Waals surface area contributed by atoms with Crippen LogP contribution in [0.4, 0.5) is 0 Å². The van der Waals surface area contributed by atoms with E-state index in [1.165, 1.54) is 19.3 Å². The van der Waals surface area contributed by atoms with Crippen molar-refractivity contribution in [3.05, 3.63) is 29.8 Å². The molecule has 1 fully saturated rings. The molecule has 1 aliphatic carbocycles. The molecule has 0 aliphatic heterocycles. The summed E-state index contributed by atoms with van der Waals surface area (Å²) in [6.45, 7) is 1.13. The lowest BCUT2D eigenvalue weighted by molar-refractivity contribution is -0.0103. The van der Waals surface area contributed by atoms with Gasteiger partial charge in [-0.2, -0.15) is 0 Å². The van der Waals surface area contributed by atoms with E-state index in [2.05, 4.69) is 5.43 Å². The molecule has 0 radical (unpaired) electrons. The second-order valence-corrected chi connectivity index (χ2v) is 4.27. The van der Waals surface area contributed by atoms with Crippen molar-refractivity contribution in [2.24, 2.45) is 5.84 Å². The lowest BCUT2D eigenvalue weighted by Gasteiger charge is -2.25. The lowest BCUT2D eigenvalue weighted by atomic mass is 9.96. The highest BCUT2D eigenvalue weighted by Crippen LogP contribution is 2.21. The molecule has 0 unspecified atom stereocenters. The van der Waals surface area contributed by atoms with Gasteiger partial charge in [-0.3, -0.25) is 10.2 Å². The quantitative estimate of drug-likeness (QED) is 0.345. The fraction of sp³-hybridized carbons (Fsp3) is 0.462. The van der Waals surface area contributed by atoms with E-state index in [9.17, 15) is 4.79 Å². The summed E-state index contributed by atoms with van der Waals surface area (Å²) < 4.78 is 11.1. The second kappa shape index (κ2) is 6.37. The van der Waals surface area contributed by atoms with Crippen molar-refractivity contribution in [2.75, 3.05) is 13.2 Å². The third kappa shape index (κ3) is 3.45. The number of ether oxygens (including phenoxy) is 2. The van der Waals surface area contributed by atoms with Crippen LogP contribution < -0.4 is 16.0 Å². The Morgan fingerprint density at radius 1 is 1.28 bits per heavy atom. The summed E-state index contributed by atoms with van der Waals surface area (Å²) in [5.74, 6) is 5.45. The smallest absolute Gasteiger partial charge is 0.265 e. The van der Waals surface area contributed by atoms with Crippen LogP contribution in [0, 0.1) is 0 Å². The van der Waals surface area contributed by atoms with Crippen molar-refractivity contribution in [3.63, 3.8) is 0 Å². The Hall–Kier alpha value is -1.59. The van der Waals surface area contributed by atoms with Crippen molar-refractivity contribution in [1.29, 1.82) is 0 Å². The van der Waals surface area contributed by atoms with Crippen LogP contribution >= 0.6 is 0 Å². The molecule has 0 bridgehead atoms. The molecule has 0 saturated heterocycles. The van der Waals surface area contributed by atoms with Crippen molar-refractivity contribution < 1.29 is 14.3 Å². The fourth-order valence-electron chi connectivity index (χ4n) is 1.70. The van der Waals surface area contributed by atoms with Gasteiger partial charge in [0.1, 0.15) is 12.4 Å². The zero-order valence-electron chi connectivity index (χ0n) is 10.2. The number of carbonyl (C=O) groups excluding carboxylic acids is 1. The predicted octanol–water partition coefficient (Wildman–Crippen LogP) is 1.24. The number of hydrogen-bond donors (Lipinski definition) is 2. The number of nitrogens with one attached hydrogen (secondary N) is 1. The molecule has 0 aromatic heterocycles. The molecule has 1 amide bonds. The Morgan fingerprint density at radius 3 is 2.56 bits per heavy atom. The molecule has 98 valence electrons. The molecular formula is C13H18N2O3. The summed E-state index contributed by atoms with van der Waals surface area (Å²) in [7, 11) is 0. The molecule has 2 rings (SSSR count). The molecule has 1 aromatic carbocycles. The van der Waals surface area contributed by atoms with E-state index in [1.807, 2.05) is 0 Å². The zero-order valence-corrected chi connectivity index (χ0v) is 10.2. The molecule has 0 heterocycles. The van der Waals surface area contributed by atoms with E-state index in [4.69, 9.17) is 15.3 Å². The second-order valence-electron chi connectivity index (χ2n) is 4.27. The summed E-state index contributed by atoms with van der Waals surface area (Å²) in [5.41, 5.74) is 2.59. The molecule has 1 aromatic rings. The first-order valence-electron chi connectivity index (χ1n) is 6.15. The molecule has 1 saturated carbocycles. The highest BCUT2D eigenvalue weighted by molar-refractivity contribution is 5.93. The summed E-state index contributed by atoms with van der Waals surface area (Å²) in [4.78, 5) is 11.2. The highest BCUT2D eigenvalue weighted by Gasteiger charge is 2.17. The number of hydrazine groups is 1. The van der Waals surface area contributed by atoms with E-state index in [0.717, 1.165) is 5.75 Å². The molecule has 0 atom stereocenters. The highest BCUT2D eigenvalue weighted by atomic mass is 16.5. The number of hydrogen-bond acceptors (Lipinski definition) is 4. The van der Waals surface area contributed by atoms with Gasteiger partial charge in [-0.25, -0.2) is 5.84 Å². The van der Waals surface area contributed by atoms with Crippen LogP contribution in [0.3, 0.4) is 0 Å². The Labute approximate surface area is 106 Å². The van der Waals surface area contributed by atoms with Crippen LogP contribution in [0.5, 0.6) is 5.75 Å². The minimum Gasteiger partial charge on any atom is -0.491 e. The Balaban J connectivity index is 1.70. The van der Waals surface area contributed by atoms with Crippen LogP contribution in [0.1, 0.15) is 29.6 Å². The number of nitrogen functional groups attached to an aromatic ring is 1. The summed E-state index contributed by atoms with van der Waals surface area (Å²) >= 11 is 0. The standard InChI is InChI=1S/C13H18N2O3/c14-15-13(16)10-4-6-12(7-5-10)18-9-8-17-11-2-1-3-11/h4-7,11H,1-3,8-9,14H2,(H,15,16). The molecule has 0 spiro atoms. The molecular weight excluding hydrogens is 232 g/mol. The van der Waals surface area contributed by atoms with Crippen LogP contribution in [-0.2, 0) is 4.74 Å². The van der Waals surface area contributed by atoms with E-state index in [0.29, 0.717) is 24.9 Å². The van der Waals surface area contributed by atoms with Crippen LogP contribution in [-0.4, -0.2) is 25.2 Å². The fourth-order valence-corrected chi connectivity index (χ4v) is 1.70. The van der Waals surface area contributed by atoms with Crippen molar-refractivity contribution >= 4 is 5.91 Å². The average molecular weight is 250 g/mol. The third-order valence-electron chi connectivity index (χ3n) is 3.01. The van der Waals surface area contributed by atoms with E-state index >= 15 is 0 Å². The maximum absolute atomic E-state index is 11.2. The van der Waals surface area contributed by atoms with Crippen LogP contribution in [0.2, 0.25) is 0 Å². The molecule has 5 heteroatoms. The lowest BCUT2D eigenvalue weighted by Crippen LogP contribution is -2.29. The van der Waals surface area contributed by atoms with Gasteiger partial charge in [-0.15, -0.1) is 0 Å². The van der Waals surface area contributed by atoms with Crippen molar-refractivity contribution in [3.8, 4) is 5.75 Å². The SMILES string of the molecule is NNC(=O)c1ccc(OCCOC2CCC2)cc1. The molecule has 5 nitrogen and oxygen atoms in total. The number of rotatable bonds is 6. The molecule has 18 heavy (non-hydrogen) atoms. The number of nitrogens with two attached hydrogens (primary N) is 1. The number of carbonyl (C=O) groups is 1.